The van der Waals surface area contributed by atoms with Crippen LogP contribution >= 0.6 is 0 Å². The van der Waals surface area contributed by atoms with Crippen molar-refractivity contribution in [1.82, 2.24) is 4.90 Å². The van der Waals surface area contributed by atoms with Gasteiger partial charge in [0.25, 0.3) is 0 Å². The van der Waals surface area contributed by atoms with Crippen LogP contribution < -0.4 is 10.1 Å². The van der Waals surface area contributed by atoms with Crippen LogP contribution in [0.15, 0.2) is 48.5 Å². The number of anilines is 1. The summed E-state index contributed by atoms with van der Waals surface area (Å²) in [6.45, 7) is 3.22. The molecular weight excluding hydrogens is 356 g/mol. The lowest BCUT2D eigenvalue weighted by Crippen LogP contribution is -2.41. The van der Waals surface area contributed by atoms with Crippen LogP contribution in [-0.4, -0.2) is 43.7 Å². The highest BCUT2D eigenvalue weighted by molar-refractivity contribution is 5.97. The molecule has 0 radical (unpaired) electrons. The van der Waals surface area contributed by atoms with Gasteiger partial charge in [0.15, 0.2) is 0 Å². The number of methoxy groups -OCH3 is 1. The first kappa shape index (κ1) is 19.7. The molecule has 0 unspecified atom stereocenters. The molecule has 6 nitrogen and oxygen atoms in total. The molecule has 0 aromatic heterocycles. The van der Waals surface area contributed by atoms with E-state index in [4.69, 9.17) is 9.47 Å². The number of hydrogen-bond donors (Lipinski definition) is 1. The lowest BCUT2D eigenvalue weighted by Gasteiger charge is -2.30. The van der Waals surface area contributed by atoms with Crippen molar-refractivity contribution in [2.75, 3.05) is 32.1 Å². The van der Waals surface area contributed by atoms with Gasteiger partial charge in [-0.15, -0.1) is 0 Å². The van der Waals surface area contributed by atoms with Gasteiger partial charge in [-0.2, -0.15) is 0 Å². The van der Waals surface area contributed by atoms with Crippen molar-refractivity contribution in [3.63, 3.8) is 0 Å². The largest absolute Gasteiger partial charge is 0.497 e. The van der Waals surface area contributed by atoms with E-state index >= 15 is 0 Å². The van der Waals surface area contributed by atoms with Gasteiger partial charge in [-0.3, -0.25) is 4.79 Å². The second-order valence-electron chi connectivity index (χ2n) is 6.73. The molecule has 0 saturated carbocycles. The number of carbonyl (C=O) groups is 2. The lowest BCUT2D eigenvalue weighted by molar-refractivity contribution is -0.121. The Bertz CT molecular complexity index is 829. The van der Waals surface area contributed by atoms with E-state index in [1.165, 1.54) is 0 Å². The molecule has 0 bridgehead atoms. The van der Waals surface area contributed by atoms with Crippen LogP contribution in [0.5, 0.6) is 5.75 Å². The molecule has 1 aliphatic rings. The molecule has 1 saturated heterocycles. The van der Waals surface area contributed by atoms with E-state index in [1.54, 1.807) is 18.9 Å². The highest BCUT2D eigenvalue weighted by Gasteiger charge is 2.28. The molecule has 28 heavy (non-hydrogen) atoms. The third kappa shape index (κ3) is 4.63. The first-order valence-electron chi connectivity index (χ1n) is 9.58. The van der Waals surface area contributed by atoms with Crippen LogP contribution in [0.4, 0.5) is 10.5 Å². The maximum Gasteiger partial charge on any atom is 0.409 e. The Hall–Kier alpha value is -3.02. The first-order chi connectivity index (χ1) is 13.6. The van der Waals surface area contributed by atoms with Gasteiger partial charge in [0.05, 0.1) is 13.7 Å². The van der Waals surface area contributed by atoms with Crippen molar-refractivity contribution in [2.45, 2.75) is 19.8 Å². The van der Waals surface area contributed by atoms with Crippen molar-refractivity contribution in [3.05, 3.63) is 48.5 Å². The van der Waals surface area contributed by atoms with E-state index in [0.29, 0.717) is 32.5 Å². The minimum Gasteiger partial charge on any atom is -0.497 e. The average molecular weight is 382 g/mol. The SMILES string of the molecule is CCOC(=O)N1CCC(C(=O)Nc2ccccc2-c2cccc(OC)c2)CC1. The second-order valence-corrected chi connectivity index (χ2v) is 6.73. The molecule has 0 atom stereocenters. The number of benzene rings is 2. The van der Waals surface area contributed by atoms with E-state index in [2.05, 4.69) is 5.32 Å². The molecular formula is C22H26N2O4. The molecule has 3 rings (SSSR count). The first-order valence-corrected chi connectivity index (χ1v) is 9.58. The van der Waals surface area contributed by atoms with Gasteiger partial charge in [0, 0.05) is 30.3 Å². The standard InChI is InChI=1S/C22H26N2O4/c1-3-28-22(26)24-13-11-16(12-14-24)21(25)23-20-10-5-4-9-19(20)17-7-6-8-18(15-17)27-2/h4-10,15-16H,3,11-14H2,1-2H3,(H,23,25). The zero-order valence-electron chi connectivity index (χ0n) is 16.3. The normalized spacial score (nSPS) is 14.4. The maximum absolute atomic E-state index is 12.8. The molecule has 1 N–H and O–H groups in total. The summed E-state index contributed by atoms with van der Waals surface area (Å²) in [6.07, 6.45) is 0.961. The predicted molar refractivity (Wildman–Crippen MR) is 108 cm³/mol. The summed E-state index contributed by atoms with van der Waals surface area (Å²) in [5, 5.41) is 3.07. The Labute approximate surface area is 165 Å². The van der Waals surface area contributed by atoms with Crippen molar-refractivity contribution in [2.24, 2.45) is 5.92 Å². The topological polar surface area (TPSA) is 67.9 Å². The molecule has 1 heterocycles. The second kappa shape index (κ2) is 9.26. The summed E-state index contributed by atoms with van der Waals surface area (Å²) in [4.78, 5) is 26.3. The van der Waals surface area contributed by atoms with Crippen LogP contribution in [0.1, 0.15) is 19.8 Å². The minimum atomic E-state index is -0.301. The molecule has 148 valence electrons. The van der Waals surface area contributed by atoms with Gasteiger partial charge in [0.2, 0.25) is 5.91 Å². The molecule has 0 aliphatic carbocycles. The zero-order chi connectivity index (χ0) is 19.9. The number of piperidine rings is 1. The van der Waals surface area contributed by atoms with Crippen molar-refractivity contribution in [3.8, 4) is 16.9 Å². The third-order valence-electron chi connectivity index (χ3n) is 4.96. The molecule has 1 fully saturated rings. The highest BCUT2D eigenvalue weighted by Crippen LogP contribution is 2.31. The van der Waals surface area contributed by atoms with Crippen molar-refractivity contribution < 1.29 is 19.1 Å². The summed E-state index contributed by atoms with van der Waals surface area (Å²) in [5.41, 5.74) is 2.69. The van der Waals surface area contributed by atoms with Gasteiger partial charge in [0.1, 0.15) is 5.75 Å². The predicted octanol–water partition coefficient (Wildman–Crippen LogP) is 4.17. The van der Waals surface area contributed by atoms with Crippen LogP contribution in [0.25, 0.3) is 11.1 Å². The van der Waals surface area contributed by atoms with Gasteiger partial charge >= 0.3 is 6.09 Å². The Morgan fingerprint density at radius 3 is 2.57 bits per heavy atom. The summed E-state index contributed by atoms with van der Waals surface area (Å²) >= 11 is 0. The smallest absolute Gasteiger partial charge is 0.409 e. The number of likely N-dealkylation sites (tertiary alicyclic amines) is 1. The van der Waals surface area contributed by atoms with Gasteiger partial charge in [-0.25, -0.2) is 4.79 Å². The van der Waals surface area contributed by atoms with E-state index < -0.39 is 0 Å². The molecule has 2 amide bonds. The number of para-hydroxylation sites is 1. The van der Waals surface area contributed by atoms with E-state index in [1.807, 2.05) is 48.5 Å². The van der Waals surface area contributed by atoms with Crippen LogP contribution in [-0.2, 0) is 9.53 Å². The number of ether oxygens (including phenoxy) is 2. The summed E-state index contributed by atoms with van der Waals surface area (Å²) in [6, 6.07) is 15.5. The highest BCUT2D eigenvalue weighted by atomic mass is 16.6. The van der Waals surface area contributed by atoms with Gasteiger partial charge < -0.3 is 19.7 Å². The quantitative estimate of drug-likeness (QED) is 0.843. The van der Waals surface area contributed by atoms with E-state index in [9.17, 15) is 9.59 Å². The number of hydrogen-bond acceptors (Lipinski definition) is 4. The number of rotatable bonds is 5. The zero-order valence-corrected chi connectivity index (χ0v) is 16.3. The molecule has 0 spiro atoms. The Morgan fingerprint density at radius 1 is 1.11 bits per heavy atom. The average Bonchev–Trinajstić information content (AvgIpc) is 2.74. The number of carbonyl (C=O) groups excluding carboxylic acids is 2. The molecule has 2 aromatic carbocycles. The molecule has 1 aliphatic heterocycles. The Balaban J connectivity index is 1.68. The molecule has 2 aromatic rings. The van der Waals surface area contributed by atoms with Crippen molar-refractivity contribution >= 4 is 17.7 Å². The summed E-state index contributed by atoms with van der Waals surface area (Å²) < 4.78 is 10.3. The Kier molecular flexibility index (Phi) is 6.53. The third-order valence-corrected chi connectivity index (χ3v) is 4.96. The minimum absolute atomic E-state index is 0.0149. The fourth-order valence-corrected chi connectivity index (χ4v) is 3.41. The monoisotopic (exact) mass is 382 g/mol. The summed E-state index contributed by atoms with van der Waals surface area (Å²) in [7, 11) is 1.63. The van der Waals surface area contributed by atoms with Crippen LogP contribution in [0.2, 0.25) is 0 Å². The van der Waals surface area contributed by atoms with Crippen molar-refractivity contribution in [1.29, 1.82) is 0 Å². The Morgan fingerprint density at radius 2 is 1.86 bits per heavy atom. The van der Waals surface area contributed by atoms with Crippen LogP contribution in [0, 0.1) is 5.92 Å². The molecule has 6 heteroatoms. The fraction of sp³-hybridized carbons (Fsp3) is 0.364. The van der Waals surface area contributed by atoms with E-state index in [0.717, 1.165) is 22.6 Å². The van der Waals surface area contributed by atoms with E-state index in [-0.39, 0.29) is 17.9 Å². The fourth-order valence-electron chi connectivity index (χ4n) is 3.41. The van der Waals surface area contributed by atoms with Gasteiger partial charge in [-0.1, -0.05) is 30.3 Å². The van der Waals surface area contributed by atoms with Crippen LogP contribution in [0.3, 0.4) is 0 Å². The maximum atomic E-state index is 12.8. The van der Waals surface area contributed by atoms with Gasteiger partial charge in [-0.05, 0) is 43.5 Å². The number of amides is 2. The number of nitrogens with zero attached hydrogens (tertiary/aromatic N) is 1. The lowest BCUT2D eigenvalue weighted by atomic mass is 9.95. The number of nitrogens with one attached hydrogen (secondary N) is 1. The summed E-state index contributed by atoms with van der Waals surface area (Å²) in [5.74, 6) is 0.632.